The number of aryl methyl sites for hydroxylation is 1. The lowest BCUT2D eigenvalue weighted by Gasteiger charge is -2.10. The average molecular weight is 391 g/mol. The number of benzene rings is 2. The van der Waals surface area contributed by atoms with Gasteiger partial charge in [0.05, 0.1) is 0 Å². The first-order valence-electron chi connectivity index (χ1n) is 9.62. The van der Waals surface area contributed by atoms with Crippen LogP contribution in [0, 0.1) is 0 Å². The van der Waals surface area contributed by atoms with Crippen LogP contribution in [0.3, 0.4) is 0 Å². The molecule has 0 saturated heterocycles. The summed E-state index contributed by atoms with van der Waals surface area (Å²) in [6.07, 6.45) is 1.43. The predicted octanol–water partition coefficient (Wildman–Crippen LogP) is 2.52. The number of hydrogen-bond donors (Lipinski definition) is 2. The third kappa shape index (κ3) is 5.31. The third-order valence-corrected chi connectivity index (χ3v) is 4.79. The quantitative estimate of drug-likeness (QED) is 0.649. The summed E-state index contributed by atoms with van der Waals surface area (Å²) in [5.74, 6) is -0.103. The molecule has 0 atom stereocenters. The molecule has 6 heteroatoms. The lowest BCUT2D eigenvalue weighted by atomic mass is 10.1. The number of nitrogens with zero attached hydrogens (tertiary/aromatic N) is 1. The molecule has 1 aromatic heterocycles. The maximum atomic E-state index is 12.1. The molecule has 0 unspecified atom stereocenters. The highest BCUT2D eigenvalue weighted by molar-refractivity contribution is 5.93. The molecule has 3 rings (SSSR count). The van der Waals surface area contributed by atoms with Crippen molar-refractivity contribution in [2.24, 2.45) is 0 Å². The van der Waals surface area contributed by atoms with Crippen molar-refractivity contribution in [1.29, 1.82) is 0 Å². The maximum absolute atomic E-state index is 12.1. The van der Waals surface area contributed by atoms with E-state index in [0.717, 1.165) is 16.5 Å². The SMILES string of the molecule is CN(C)C(=O)c1ccc(CCC(=O)NCCc2cc3ccccc3[nH]c2=O)cc1. The number of hydrogen-bond acceptors (Lipinski definition) is 3. The molecule has 6 nitrogen and oxygen atoms in total. The smallest absolute Gasteiger partial charge is 0.253 e. The van der Waals surface area contributed by atoms with Crippen LogP contribution in [0.5, 0.6) is 0 Å². The van der Waals surface area contributed by atoms with E-state index in [1.54, 1.807) is 26.2 Å². The van der Waals surface area contributed by atoms with E-state index in [1.807, 2.05) is 42.5 Å². The van der Waals surface area contributed by atoms with E-state index >= 15 is 0 Å². The molecule has 0 aliphatic carbocycles. The van der Waals surface area contributed by atoms with Crippen LogP contribution in [-0.2, 0) is 17.6 Å². The van der Waals surface area contributed by atoms with E-state index in [4.69, 9.17) is 0 Å². The number of aromatic nitrogens is 1. The van der Waals surface area contributed by atoms with Crippen LogP contribution >= 0.6 is 0 Å². The van der Waals surface area contributed by atoms with Gasteiger partial charge in [-0.15, -0.1) is 0 Å². The Labute approximate surface area is 169 Å². The standard InChI is InChI=1S/C23H25N3O3/c1-26(2)23(29)17-10-7-16(8-11-17)9-12-21(27)24-14-13-19-15-18-5-3-4-6-20(18)25-22(19)28/h3-8,10-11,15H,9,12-14H2,1-2H3,(H,24,27)(H,25,28). The fourth-order valence-corrected chi connectivity index (χ4v) is 3.13. The van der Waals surface area contributed by atoms with Crippen LogP contribution in [0.25, 0.3) is 10.9 Å². The molecule has 2 N–H and O–H groups in total. The number of aromatic amines is 1. The van der Waals surface area contributed by atoms with E-state index < -0.39 is 0 Å². The van der Waals surface area contributed by atoms with E-state index in [9.17, 15) is 14.4 Å². The Bertz CT molecular complexity index is 1070. The van der Waals surface area contributed by atoms with E-state index in [2.05, 4.69) is 10.3 Å². The van der Waals surface area contributed by atoms with E-state index in [1.165, 1.54) is 4.90 Å². The molecule has 2 aromatic carbocycles. The van der Waals surface area contributed by atoms with Crippen molar-refractivity contribution >= 4 is 22.7 Å². The minimum atomic E-state index is -0.120. The van der Waals surface area contributed by atoms with Gasteiger partial charge in [-0.2, -0.15) is 0 Å². The predicted molar refractivity (Wildman–Crippen MR) is 114 cm³/mol. The van der Waals surface area contributed by atoms with Crippen molar-refractivity contribution in [2.75, 3.05) is 20.6 Å². The van der Waals surface area contributed by atoms with Gasteiger partial charge in [0, 0.05) is 43.7 Å². The molecule has 0 saturated carbocycles. The topological polar surface area (TPSA) is 82.3 Å². The summed E-state index contributed by atoms with van der Waals surface area (Å²) < 4.78 is 0. The lowest BCUT2D eigenvalue weighted by Crippen LogP contribution is -2.27. The van der Waals surface area contributed by atoms with Gasteiger partial charge in [-0.25, -0.2) is 0 Å². The summed E-state index contributed by atoms with van der Waals surface area (Å²) in [4.78, 5) is 40.5. The summed E-state index contributed by atoms with van der Waals surface area (Å²) in [5, 5.41) is 3.85. The van der Waals surface area contributed by atoms with Crippen molar-refractivity contribution in [3.8, 4) is 0 Å². The molecule has 150 valence electrons. The van der Waals surface area contributed by atoms with Crippen LogP contribution < -0.4 is 10.9 Å². The number of fused-ring (bicyclic) bond motifs is 1. The van der Waals surface area contributed by atoms with Gasteiger partial charge in [0.1, 0.15) is 0 Å². The van der Waals surface area contributed by atoms with E-state index in [0.29, 0.717) is 36.9 Å². The van der Waals surface area contributed by atoms with Gasteiger partial charge in [0.2, 0.25) is 5.91 Å². The molecular weight excluding hydrogens is 366 g/mol. The van der Waals surface area contributed by atoms with Crippen LogP contribution in [0.1, 0.15) is 27.9 Å². The van der Waals surface area contributed by atoms with Gasteiger partial charge in [0.25, 0.3) is 11.5 Å². The molecular formula is C23H25N3O3. The van der Waals surface area contributed by atoms with Crippen LogP contribution in [-0.4, -0.2) is 42.3 Å². The van der Waals surface area contributed by atoms with Crippen LogP contribution in [0.4, 0.5) is 0 Å². The highest BCUT2D eigenvalue weighted by Gasteiger charge is 2.08. The van der Waals surface area contributed by atoms with Gasteiger partial charge in [-0.3, -0.25) is 14.4 Å². The zero-order valence-corrected chi connectivity index (χ0v) is 16.7. The molecule has 2 amide bonds. The Morgan fingerprint density at radius 2 is 1.72 bits per heavy atom. The number of H-pyrrole nitrogens is 1. The zero-order chi connectivity index (χ0) is 20.8. The van der Waals surface area contributed by atoms with Gasteiger partial charge in [0.15, 0.2) is 0 Å². The third-order valence-electron chi connectivity index (χ3n) is 4.79. The molecule has 0 aliphatic rings. The summed E-state index contributed by atoms with van der Waals surface area (Å²) in [7, 11) is 3.43. The van der Waals surface area contributed by atoms with Gasteiger partial charge in [-0.05, 0) is 48.1 Å². The van der Waals surface area contributed by atoms with Crippen molar-refractivity contribution < 1.29 is 9.59 Å². The lowest BCUT2D eigenvalue weighted by molar-refractivity contribution is -0.121. The molecule has 1 heterocycles. The summed E-state index contributed by atoms with van der Waals surface area (Å²) in [5.41, 5.74) is 2.98. The molecule has 29 heavy (non-hydrogen) atoms. The van der Waals surface area contributed by atoms with Crippen molar-refractivity contribution in [3.63, 3.8) is 0 Å². The molecule has 0 bridgehead atoms. The summed E-state index contributed by atoms with van der Waals surface area (Å²) in [6.45, 7) is 0.413. The Balaban J connectivity index is 1.47. The first-order chi connectivity index (χ1) is 13.9. The van der Waals surface area contributed by atoms with Crippen LogP contribution in [0.2, 0.25) is 0 Å². The zero-order valence-electron chi connectivity index (χ0n) is 16.7. The second-order valence-corrected chi connectivity index (χ2v) is 7.21. The Morgan fingerprint density at radius 3 is 2.45 bits per heavy atom. The van der Waals surface area contributed by atoms with Crippen molar-refractivity contribution in [1.82, 2.24) is 15.2 Å². The number of carbonyl (C=O) groups excluding carboxylic acids is 2. The molecule has 0 aliphatic heterocycles. The Morgan fingerprint density at radius 1 is 1.00 bits per heavy atom. The number of pyridine rings is 1. The van der Waals surface area contributed by atoms with Gasteiger partial charge < -0.3 is 15.2 Å². The van der Waals surface area contributed by atoms with Gasteiger partial charge in [-0.1, -0.05) is 30.3 Å². The number of nitrogens with one attached hydrogen (secondary N) is 2. The highest BCUT2D eigenvalue weighted by Crippen LogP contribution is 2.10. The highest BCUT2D eigenvalue weighted by atomic mass is 16.2. The molecule has 3 aromatic rings. The number of carbonyl (C=O) groups is 2. The number of para-hydroxylation sites is 1. The summed E-state index contributed by atoms with van der Waals surface area (Å²) >= 11 is 0. The minimum absolute atomic E-state index is 0.0435. The molecule has 0 spiro atoms. The van der Waals surface area contributed by atoms with E-state index in [-0.39, 0.29) is 17.4 Å². The first kappa shape index (κ1) is 20.3. The second kappa shape index (κ2) is 9.19. The normalized spacial score (nSPS) is 10.7. The number of amides is 2. The fourth-order valence-electron chi connectivity index (χ4n) is 3.13. The molecule has 0 radical (unpaired) electrons. The maximum Gasteiger partial charge on any atom is 0.253 e. The minimum Gasteiger partial charge on any atom is -0.356 e. The van der Waals surface area contributed by atoms with Crippen molar-refractivity contribution in [2.45, 2.75) is 19.3 Å². The molecule has 0 fully saturated rings. The fraction of sp³-hybridized carbons (Fsp3) is 0.261. The van der Waals surface area contributed by atoms with Gasteiger partial charge >= 0.3 is 0 Å². The number of rotatable bonds is 7. The largest absolute Gasteiger partial charge is 0.356 e. The average Bonchev–Trinajstić information content (AvgIpc) is 2.72. The van der Waals surface area contributed by atoms with Crippen molar-refractivity contribution in [3.05, 3.63) is 81.6 Å². The first-order valence-corrected chi connectivity index (χ1v) is 9.62. The van der Waals surface area contributed by atoms with Crippen LogP contribution in [0.15, 0.2) is 59.4 Å². The second-order valence-electron chi connectivity index (χ2n) is 7.21. The Hall–Kier alpha value is -3.41. The monoisotopic (exact) mass is 391 g/mol. The Kier molecular flexibility index (Phi) is 6.44. The summed E-state index contributed by atoms with van der Waals surface area (Å²) in [6, 6.07) is 16.8.